The first-order valence-electron chi connectivity index (χ1n) is 3.75. The molecule has 6 heteroatoms. The van der Waals surface area contributed by atoms with E-state index >= 15 is 0 Å². The molecule has 4 N–H and O–H groups in total. The van der Waals surface area contributed by atoms with Crippen LogP contribution in [0.15, 0.2) is 12.4 Å². The van der Waals surface area contributed by atoms with E-state index in [4.69, 9.17) is 16.2 Å². The molecule has 0 radical (unpaired) electrons. The molecular weight excluding hydrogens is 172 g/mol. The zero-order valence-electron chi connectivity index (χ0n) is 7.30. The molecule has 1 atom stereocenters. The number of carbonyl (C=O) groups excluding carboxylic acids is 1. The van der Waals surface area contributed by atoms with E-state index < -0.39 is 11.9 Å². The molecule has 13 heavy (non-hydrogen) atoms. The predicted octanol–water partition coefficient (Wildman–Crippen LogP) is -1.30. The van der Waals surface area contributed by atoms with Crippen molar-refractivity contribution >= 4 is 5.91 Å². The van der Waals surface area contributed by atoms with Gasteiger partial charge in [0.1, 0.15) is 6.04 Å². The fraction of sp³-hybridized carbons (Fsp3) is 0.429. The van der Waals surface area contributed by atoms with E-state index in [2.05, 4.69) is 5.10 Å². The van der Waals surface area contributed by atoms with Crippen molar-refractivity contribution in [1.29, 1.82) is 0 Å². The van der Waals surface area contributed by atoms with Gasteiger partial charge in [-0.3, -0.25) is 9.48 Å². The Balaban J connectivity index is 2.58. The minimum Gasteiger partial charge on any atom is -0.493 e. The van der Waals surface area contributed by atoms with E-state index in [0.29, 0.717) is 5.75 Å². The number of nitrogens with two attached hydrogens (primary N) is 2. The SMILES string of the molecule is COc1cnn(CC(N)C(N)=O)c1. The van der Waals surface area contributed by atoms with Crippen LogP contribution in [0, 0.1) is 0 Å². The van der Waals surface area contributed by atoms with Gasteiger partial charge in [0.05, 0.1) is 26.0 Å². The molecule has 0 saturated carbocycles. The molecule has 0 aromatic carbocycles. The lowest BCUT2D eigenvalue weighted by Crippen LogP contribution is -2.39. The van der Waals surface area contributed by atoms with Crippen molar-refractivity contribution in [2.75, 3.05) is 7.11 Å². The van der Waals surface area contributed by atoms with Crippen molar-refractivity contribution in [3.8, 4) is 5.75 Å². The monoisotopic (exact) mass is 184 g/mol. The maximum atomic E-state index is 10.6. The normalized spacial score (nSPS) is 12.5. The van der Waals surface area contributed by atoms with Gasteiger partial charge in [-0.15, -0.1) is 0 Å². The zero-order valence-corrected chi connectivity index (χ0v) is 7.30. The second-order valence-electron chi connectivity index (χ2n) is 2.61. The van der Waals surface area contributed by atoms with Gasteiger partial charge in [0, 0.05) is 0 Å². The topological polar surface area (TPSA) is 96.2 Å². The zero-order chi connectivity index (χ0) is 9.84. The van der Waals surface area contributed by atoms with Crippen LogP contribution in [-0.4, -0.2) is 28.8 Å². The number of ether oxygens (including phenoxy) is 1. The standard InChI is InChI=1S/C7H12N4O2/c1-13-5-2-10-11(3-5)4-6(8)7(9)12/h2-3,6H,4,8H2,1H3,(H2,9,12). The molecule has 0 fully saturated rings. The van der Waals surface area contributed by atoms with Gasteiger partial charge in [-0.25, -0.2) is 0 Å². The number of hydrogen-bond acceptors (Lipinski definition) is 4. The summed E-state index contributed by atoms with van der Waals surface area (Å²) in [5, 5.41) is 3.91. The van der Waals surface area contributed by atoms with Gasteiger partial charge in [0.25, 0.3) is 0 Å². The predicted molar refractivity (Wildman–Crippen MR) is 45.9 cm³/mol. The molecule has 0 aliphatic heterocycles. The molecule has 1 aromatic rings. The van der Waals surface area contributed by atoms with E-state index in [9.17, 15) is 4.79 Å². The van der Waals surface area contributed by atoms with Crippen LogP contribution < -0.4 is 16.2 Å². The van der Waals surface area contributed by atoms with Crippen molar-refractivity contribution in [2.45, 2.75) is 12.6 Å². The maximum absolute atomic E-state index is 10.6. The fourth-order valence-electron chi connectivity index (χ4n) is 0.841. The first-order chi connectivity index (χ1) is 6.13. The summed E-state index contributed by atoms with van der Waals surface area (Å²) < 4.78 is 6.40. The highest BCUT2D eigenvalue weighted by molar-refractivity contribution is 5.79. The summed E-state index contributed by atoms with van der Waals surface area (Å²) in [4.78, 5) is 10.6. The summed E-state index contributed by atoms with van der Waals surface area (Å²) in [6, 6.07) is -0.718. The number of methoxy groups -OCH3 is 1. The molecule has 0 aliphatic rings. The highest BCUT2D eigenvalue weighted by atomic mass is 16.5. The van der Waals surface area contributed by atoms with E-state index in [1.54, 1.807) is 6.20 Å². The fourth-order valence-corrected chi connectivity index (χ4v) is 0.841. The summed E-state index contributed by atoms with van der Waals surface area (Å²) in [6.45, 7) is 0.263. The van der Waals surface area contributed by atoms with Crippen LogP contribution in [0.25, 0.3) is 0 Å². The molecule has 0 aliphatic carbocycles. The maximum Gasteiger partial charge on any atom is 0.236 e. The summed E-state index contributed by atoms with van der Waals surface area (Å²) in [5.41, 5.74) is 10.4. The van der Waals surface area contributed by atoms with Gasteiger partial charge >= 0.3 is 0 Å². The molecule has 0 spiro atoms. The molecule has 1 heterocycles. The number of aromatic nitrogens is 2. The summed E-state index contributed by atoms with van der Waals surface area (Å²) in [6.07, 6.45) is 3.18. The molecule has 72 valence electrons. The van der Waals surface area contributed by atoms with Gasteiger partial charge in [0.2, 0.25) is 5.91 Å². The number of primary amides is 1. The molecule has 6 nitrogen and oxygen atoms in total. The van der Waals surface area contributed by atoms with Gasteiger partial charge < -0.3 is 16.2 Å². The third-order valence-corrected chi connectivity index (χ3v) is 1.59. The largest absolute Gasteiger partial charge is 0.493 e. The first-order valence-corrected chi connectivity index (χ1v) is 3.75. The van der Waals surface area contributed by atoms with Crippen LogP contribution in [-0.2, 0) is 11.3 Å². The molecule has 0 bridgehead atoms. The lowest BCUT2D eigenvalue weighted by Gasteiger charge is -2.06. The molecule has 1 amide bonds. The molecule has 0 saturated heterocycles. The lowest BCUT2D eigenvalue weighted by molar-refractivity contribution is -0.119. The molecular formula is C7H12N4O2. The third kappa shape index (κ3) is 2.45. The second-order valence-corrected chi connectivity index (χ2v) is 2.61. The van der Waals surface area contributed by atoms with Crippen molar-refractivity contribution in [2.24, 2.45) is 11.5 Å². The van der Waals surface area contributed by atoms with Crippen LogP contribution >= 0.6 is 0 Å². The van der Waals surface area contributed by atoms with E-state index in [-0.39, 0.29) is 6.54 Å². The van der Waals surface area contributed by atoms with Crippen LogP contribution in [0.3, 0.4) is 0 Å². The Kier molecular flexibility index (Phi) is 2.86. The van der Waals surface area contributed by atoms with Gasteiger partial charge in [-0.2, -0.15) is 5.10 Å². The minimum absolute atomic E-state index is 0.263. The Morgan fingerprint density at radius 1 is 1.85 bits per heavy atom. The van der Waals surface area contributed by atoms with E-state index in [1.165, 1.54) is 18.0 Å². The van der Waals surface area contributed by atoms with Crippen LogP contribution in [0.4, 0.5) is 0 Å². The average molecular weight is 184 g/mol. The number of carbonyl (C=O) groups is 1. The number of nitrogens with zero attached hydrogens (tertiary/aromatic N) is 2. The van der Waals surface area contributed by atoms with Crippen LogP contribution in [0.2, 0.25) is 0 Å². The van der Waals surface area contributed by atoms with Gasteiger partial charge in [-0.1, -0.05) is 0 Å². The highest BCUT2D eigenvalue weighted by Gasteiger charge is 2.10. The van der Waals surface area contributed by atoms with Crippen molar-refractivity contribution < 1.29 is 9.53 Å². The van der Waals surface area contributed by atoms with Crippen molar-refractivity contribution in [3.05, 3.63) is 12.4 Å². The summed E-state index contributed by atoms with van der Waals surface area (Å²) in [7, 11) is 1.54. The Bertz CT molecular complexity index is 296. The summed E-state index contributed by atoms with van der Waals surface area (Å²) in [5.74, 6) is 0.0751. The smallest absolute Gasteiger partial charge is 0.236 e. The number of amides is 1. The average Bonchev–Trinajstić information content (AvgIpc) is 2.52. The Morgan fingerprint density at radius 2 is 2.54 bits per heavy atom. The quantitative estimate of drug-likeness (QED) is 0.608. The molecule has 1 rings (SSSR count). The van der Waals surface area contributed by atoms with Gasteiger partial charge in [0.15, 0.2) is 5.75 Å². The molecule has 1 aromatic heterocycles. The lowest BCUT2D eigenvalue weighted by atomic mass is 10.3. The Hall–Kier alpha value is -1.56. The number of hydrogen-bond donors (Lipinski definition) is 2. The van der Waals surface area contributed by atoms with E-state index in [1.807, 2.05) is 0 Å². The number of rotatable bonds is 4. The Labute approximate surface area is 75.5 Å². The van der Waals surface area contributed by atoms with Crippen LogP contribution in [0.1, 0.15) is 0 Å². The van der Waals surface area contributed by atoms with Crippen LogP contribution in [0.5, 0.6) is 5.75 Å². The third-order valence-electron chi connectivity index (χ3n) is 1.59. The first kappa shape index (κ1) is 9.53. The van der Waals surface area contributed by atoms with E-state index in [0.717, 1.165) is 0 Å². The van der Waals surface area contributed by atoms with Crippen molar-refractivity contribution in [3.63, 3.8) is 0 Å². The highest BCUT2D eigenvalue weighted by Crippen LogP contribution is 2.06. The van der Waals surface area contributed by atoms with Crippen molar-refractivity contribution in [1.82, 2.24) is 9.78 Å². The second kappa shape index (κ2) is 3.90. The Morgan fingerprint density at radius 3 is 3.00 bits per heavy atom. The molecule has 1 unspecified atom stereocenters. The minimum atomic E-state index is -0.718. The summed E-state index contributed by atoms with van der Waals surface area (Å²) >= 11 is 0. The van der Waals surface area contributed by atoms with Gasteiger partial charge in [-0.05, 0) is 0 Å².